The Hall–Kier alpha value is -1.51. The Bertz CT molecular complexity index is 652. The van der Waals surface area contributed by atoms with Crippen LogP contribution in [0.15, 0.2) is 18.2 Å². The molecule has 0 aromatic heterocycles. The van der Waals surface area contributed by atoms with Crippen LogP contribution in [0.1, 0.15) is 69.4 Å². The Morgan fingerprint density at radius 3 is 2.92 bits per heavy atom. The molecule has 0 saturated heterocycles. The summed E-state index contributed by atoms with van der Waals surface area (Å²) < 4.78 is 5.83. The lowest BCUT2D eigenvalue weighted by Crippen LogP contribution is -2.45. The maximum absolute atomic E-state index is 11.8. The van der Waals surface area contributed by atoms with Crippen molar-refractivity contribution in [3.8, 4) is 5.75 Å². The molecule has 0 amide bonds. The Labute approximate surface area is 144 Å². The largest absolute Gasteiger partial charge is 0.508 e. The first-order chi connectivity index (χ1) is 11.5. The van der Waals surface area contributed by atoms with Crippen LogP contribution in [0.5, 0.6) is 5.75 Å². The number of rotatable bonds is 2. The molecule has 2 fully saturated rings. The summed E-state index contributed by atoms with van der Waals surface area (Å²) >= 11 is 0. The average molecular weight is 328 g/mol. The predicted molar refractivity (Wildman–Crippen MR) is 92.9 cm³/mol. The molecule has 0 aliphatic heterocycles. The highest BCUT2D eigenvalue weighted by molar-refractivity contribution is 5.69. The summed E-state index contributed by atoms with van der Waals surface area (Å²) in [5.41, 5.74) is 2.95. The Morgan fingerprint density at radius 1 is 1.29 bits per heavy atom. The maximum Gasteiger partial charge on any atom is 0.305 e. The summed E-state index contributed by atoms with van der Waals surface area (Å²) in [6.45, 7) is 4.24. The SMILES string of the molecule is CCC(=O)O[C@@H]1CC[C@H]2[C@H]3CCc4cc(O)ccc4[C@@H]3CC[C@]12C. The summed E-state index contributed by atoms with van der Waals surface area (Å²) in [5, 5.41) is 9.77. The lowest BCUT2D eigenvalue weighted by Gasteiger charge is -2.50. The molecule has 0 radical (unpaired) electrons. The van der Waals surface area contributed by atoms with Crippen molar-refractivity contribution in [2.45, 2.75) is 70.8 Å². The molecule has 0 unspecified atom stereocenters. The van der Waals surface area contributed by atoms with Crippen LogP contribution in [0.2, 0.25) is 0 Å². The second kappa shape index (κ2) is 5.79. The molecule has 1 aromatic carbocycles. The van der Waals surface area contributed by atoms with Crippen molar-refractivity contribution in [2.24, 2.45) is 17.3 Å². The number of aryl methyl sites for hydroxylation is 1. The van der Waals surface area contributed by atoms with Gasteiger partial charge >= 0.3 is 5.97 Å². The molecule has 24 heavy (non-hydrogen) atoms. The number of phenolic OH excluding ortho intramolecular Hbond substituents is 1. The van der Waals surface area contributed by atoms with Gasteiger partial charge in [-0.1, -0.05) is 19.9 Å². The van der Waals surface area contributed by atoms with Crippen molar-refractivity contribution in [3.63, 3.8) is 0 Å². The van der Waals surface area contributed by atoms with Crippen molar-refractivity contribution in [1.29, 1.82) is 0 Å². The van der Waals surface area contributed by atoms with E-state index in [1.165, 1.54) is 30.4 Å². The molecule has 3 aliphatic rings. The van der Waals surface area contributed by atoms with Gasteiger partial charge in [-0.25, -0.2) is 0 Å². The van der Waals surface area contributed by atoms with Crippen molar-refractivity contribution < 1.29 is 14.6 Å². The average Bonchev–Trinajstić information content (AvgIpc) is 2.90. The second-order valence-corrected chi connectivity index (χ2v) is 8.25. The smallest absolute Gasteiger partial charge is 0.305 e. The van der Waals surface area contributed by atoms with Crippen LogP contribution in [0.25, 0.3) is 0 Å². The van der Waals surface area contributed by atoms with E-state index in [2.05, 4.69) is 13.0 Å². The van der Waals surface area contributed by atoms with Gasteiger partial charge < -0.3 is 9.84 Å². The van der Waals surface area contributed by atoms with Crippen LogP contribution >= 0.6 is 0 Å². The van der Waals surface area contributed by atoms with E-state index >= 15 is 0 Å². The molecule has 3 aliphatic carbocycles. The molecule has 0 spiro atoms. The number of hydrogen-bond acceptors (Lipinski definition) is 3. The fourth-order valence-corrected chi connectivity index (χ4v) is 5.96. The van der Waals surface area contributed by atoms with E-state index in [1.54, 1.807) is 0 Å². The molecule has 2 saturated carbocycles. The van der Waals surface area contributed by atoms with E-state index in [1.807, 2.05) is 19.1 Å². The van der Waals surface area contributed by atoms with Gasteiger partial charge in [0, 0.05) is 11.8 Å². The zero-order valence-corrected chi connectivity index (χ0v) is 14.8. The van der Waals surface area contributed by atoms with Crippen LogP contribution in [-0.2, 0) is 16.0 Å². The number of esters is 1. The third kappa shape index (κ3) is 2.35. The molecule has 1 aromatic rings. The van der Waals surface area contributed by atoms with Crippen molar-refractivity contribution in [1.82, 2.24) is 0 Å². The molecule has 4 rings (SSSR count). The number of benzene rings is 1. The van der Waals surface area contributed by atoms with E-state index < -0.39 is 0 Å². The van der Waals surface area contributed by atoms with Crippen LogP contribution in [0, 0.1) is 17.3 Å². The molecule has 1 N–H and O–H groups in total. The number of aromatic hydroxyl groups is 1. The van der Waals surface area contributed by atoms with Gasteiger partial charge in [0.25, 0.3) is 0 Å². The van der Waals surface area contributed by atoms with E-state index in [0.29, 0.717) is 29.9 Å². The third-order valence-corrected chi connectivity index (χ3v) is 7.19. The first-order valence-electron chi connectivity index (χ1n) is 9.54. The highest BCUT2D eigenvalue weighted by Crippen LogP contribution is 2.61. The van der Waals surface area contributed by atoms with Crippen LogP contribution < -0.4 is 0 Å². The van der Waals surface area contributed by atoms with Crippen LogP contribution in [0.3, 0.4) is 0 Å². The Morgan fingerprint density at radius 2 is 2.12 bits per heavy atom. The summed E-state index contributed by atoms with van der Waals surface area (Å²) in [7, 11) is 0. The summed E-state index contributed by atoms with van der Waals surface area (Å²) in [6.07, 6.45) is 7.38. The Balaban J connectivity index is 1.60. The molecule has 3 nitrogen and oxygen atoms in total. The zero-order valence-electron chi connectivity index (χ0n) is 14.8. The van der Waals surface area contributed by atoms with E-state index in [4.69, 9.17) is 4.74 Å². The number of carbonyl (C=O) groups excluding carboxylic acids is 1. The fourth-order valence-electron chi connectivity index (χ4n) is 5.96. The van der Waals surface area contributed by atoms with E-state index in [-0.39, 0.29) is 17.5 Å². The van der Waals surface area contributed by atoms with E-state index in [9.17, 15) is 9.90 Å². The topological polar surface area (TPSA) is 46.5 Å². The highest BCUT2D eigenvalue weighted by Gasteiger charge is 2.56. The van der Waals surface area contributed by atoms with Crippen molar-refractivity contribution >= 4 is 5.97 Å². The molecule has 3 heteroatoms. The van der Waals surface area contributed by atoms with Gasteiger partial charge in [0.1, 0.15) is 11.9 Å². The van der Waals surface area contributed by atoms with Crippen LogP contribution in [-0.4, -0.2) is 17.2 Å². The number of phenols is 1. The summed E-state index contributed by atoms with van der Waals surface area (Å²) in [6, 6.07) is 5.95. The fraction of sp³-hybridized carbons (Fsp3) is 0.667. The quantitative estimate of drug-likeness (QED) is 0.809. The van der Waals surface area contributed by atoms with Gasteiger partial charge in [0.2, 0.25) is 0 Å². The molecule has 0 heterocycles. The minimum atomic E-state index is -0.0477. The zero-order chi connectivity index (χ0) is 16.9. The van der Waals surface area contributed by atoms with Gasteiger partial charge in [-0.05, 0) is 79.5 Å². The van der Waals surface area contributed by atoms with Gasteiger partial charge in [-0.3, -0.25) is 4.79 Å². The molecule has 0 bridgehead atoms. The predicted octanol–water partition coefficient (Wildman–Crippen LogP) is 4.57. The van der Waals surface area contributed by atoms with Gasteiger partial charge in [0.05, 0.1) is 0 Å². The minimum absolute atomic E-state index is 0.0477. The molecular formula is C21H28O3. The molecule has 5 atom stereocenters. The first kappa shape index (κ1) is 16.0. The van der Waals surface area contributed by atoms with Gasteiger partial charge in [-0.2, -0.15) is 0 Å². The molecule has 130 valence electrons. The minimum Gasteiger partial charge on any atom is -0.508 e. The number of ether oxygens (including phenoxy) is 1. The monoisotopic (exact) mass is 328 g/mol. The maximum atomic E-state index is 11.8. The normalized spacial score (nSPS) is 37.2. The summed E-state index contributed by atoms with van der Waals surface area (Å²) in [4.78, 5) is 11.8. The lowest BCUT2D eigenvalue weighted by atomic mass is 9.55. The number of hydrogen-bond donors (Lipinski definition) is 1. The van der Waals surface area contributed by atoms with E-state index in [0.717, 1.165) is 19.3 Å². The van der Waals surface area contributed by atoms with Gasteiger partial charge in [0.15, 0.2) is 0 Å². The van der Waals surface area contributed by atoms with Gasteiger partial charge in [-0.15, -0.1) is 0 Å². The lowest BCUT2D eigenvalue weighted by molar-refractivity contribution is -0.157. The van der Waals surface area contributed by atoms with Crippen molar-refractivity contribution in [2.75, 3.05) is 0 Å². The third-order valence-electron chi connectivity index (χ3n) is 7.19. The Kier molecular flexibility index (Phi) is 3.85. The van der Waals surface area contributed by atoms with Crippen molar-refractivity contribution in [3.05, 3.63) is 29.3 Å². The summed E-state index contributed by atoms with van der Waals surface area (Å²) in [5.74, 6) is 2.32. The number of carbonyl (C=O) groups is 1. The standard InChI is InChI=1S/C21H28O3/c1-3-20(23)24-19-9-8-18-17-6-4-13-12-14(22)5-7-15(13)16(17)10-11-21(18,19)2/h5,7,12,16-19,22H,3-4,6,8-11H2,1-2H3/t16-,17-,18-,19+,21-/m0/s1. The first-order valence-corrected chi connectivity index (χ1v) is 9.54. The van der Waals surface area contributed by atoms with Crippen LogP contribution in [0.4, 0.5) is 0 Å². The molecular weight excluding hydrogens is 300 g/mol. The second-order valence-electron chi connectivity index (χ2n) is 8.25. The number of fused-ring (bicyclic) bond motifs is 5. The highest BCUT2D eigenvalue weighted by atomic mass is 16.5.